The van der Waals surface area contributed by atoms with Gasteiger partial charge in [-0.05, 0) is 55.2 Å². The van der Waals surface area contributed by atoms with E-state index < -0.39 is 18.1 Å². The number of nitrogens with zero attached hydrogens (tertiary/aromatic N) is 3. The fourth-order valence-electron chi connectivity index (χ4n) is 4.93. The Labute approximate surface area is 205 Å². The molecule has 0 saturated carbocycles. The van der Waals surface area contributed by atoms with Gasteiger partial charge in [-0.25, -0.2) is 0 Å². The maximum absolute atomic E-state index is 13.6. The zero-order chi connectivity index (χ0) is 25.3. The predicted octanol–water partition coefficient (Wildman–Crippen LogP) is 2.18. The fourth-order valence-corrected chi connectivity index (χ4v) is 4.93. The summed E-state index contributed by atoms with van der Waals surface area (Å²) in [6.07, 6.45) is 2.36. The van der Waals surface area contributed by atoms with Crippen molar-refractivity contribution < 1.29 is 23.6 Å². The molecule has 1 aromatic heterocycles. The summed E-state index contributed by atoms with van der Waals surface area (Å²) in [4.78, 5) is 57.3. The average molecular weight is 481 g/mol. The van der Waals surface area contributed by atoms with Crippen LogP contribution in [-0.2, 0) is 9.59 Å². The average Bonchev–Trinajstić information content (AvgIpc) is 3.56. The normalized spacial score (nSPS) is 20.2. The van der Waals surface area contributed by atoms with Crippen molar-refractivity contribution in [2.45, 2.75) is 44.8 Å². The van der Waals surface area contributed by atoms with E-state index in [1.165, 1.54) is 11.2 Å². The van der Waals surface area contributed by atoms with E-state index in [1.807, 2.05) is 45.0 Å². The molecule has 3 atom stereocenters. The van der Waals surface area contributed by atoms with E-state index in [0.29, 0.717) is 24.9 Å². The van der Waals surface area contributed by atoms with Crippen molar-refractivity contribution in [3.05, 3.63) is 54.0 Å². The van der Waals surface area contributed by atoms with Crippen LogP contribution in [0, 0.1) is 5.92 Å². The molecule has 186 valence electrons. The summed E-state index contributed by atoms with van der Waals surface area (Å²) in [5.74, 6) is -0.820. The molecule has 0 bridgehead atoms. The largest absolute Gasteiger partial charge is 0.459 e. The number of hydrogen-bond acceptors (Lipinski definition) is 6. The van der Waals surface area contributed by atoms with E-state index in [4.69, 9.17) is 4.42 Å². The number of anilines is 1. The number of ketones is 1. The van der Waals surface area contributed by atoms with Crippen molar-refractivity contribution in [2.75, 3.05) is 32.1 Å². The third-order valence-electron chi connectivity index (χ3n) is 6.65. The second kappa shape index (κ2) is 9.93. The van der Waals surface area contributed by atoms with E-state index in [1.54, 1.807) is 29.2 Å². The van der Waals surface area contributed by atoms with Gasteiger partial charge in [-0.3, -0.25) is 19.2 Å². The molecule has 1 aromatic carbocycles. The molecule has 3 heterocycles. The Hall–Kier alpha value is -3.62. The number of hydrogen-bond donors (Lipinski definition) is 1. The summed E-state index contributed by atoms with van der Waals surface area (Å²) in [7, 11) is 3.84. The highest BCUT2D eigenvalue weighted by Gasteiger charge is 2.52. The van der Waals surface area contributed by atoms with Gasteiger partial charge < -0.3 is 24.4 Å². The van der Waals surface area contributed by atoms with E-state index in [-0.39, 0.29) is 41.7 Å². The number of furan rings is 1. The minimum Gasteiger partial charge on any atom is -0.459 e. The highest BCUT2D eigenvalue weighted by Crippen LogP contribution is 2.32. The van der Waals surface area contributed by atoms with Crippen LogP contribution in [0.15, 0.2) is 47.1 Å². The van der Waals surface area contributed by atoms with Crippen molar-refractivity contribution in [3.8, 4) is 0 Å². The van der Waals surface area contributed by atoms with Gasteiger partial charge in [0.1, 0.15) is 12.1 Å². The molecule has 2 aromatic rings. The highest BCUT2D eigenvalue weighted by atomic mass is 16.3. The molecule has 35 heavy (non-hydrogen) atoms. The summed E-state index contributed by atoms with van der Waals surface area (Å²) in [6.45, 7) is 4.26. The summed E-state index contributed by atoms with van der Waals surface area (Å²) >= 11 is 0. The van der Waals surface area contributed by atoms with E-state index in [0.717, 1.165) is 5.69 Å². The van der Waals surface area contributed by atoms with E-state index >= 15 is 0 Å². The van der Waals surface area contributed by atoms with Gasteiger partial charge in [0.05, 0.1) is 18.8 Å². The smallest absolute Gasteiger partial charge is 0.290 e. The topological polar surface area (TPSA) is 103 Å². The number of rotatable bonds is 7. The maximum Gasteiger partial charge on any atom is 0.290 e. The number of carbonyl (C=O) groups excluding carboxylic acids is 4. The van der Waals surface area contributed by atoms with Crippen LogP contribution >= 0.6 is 0 Å². The van der Waals surface area contributed by atoms with E-state index in [2.05, 4.69) is 5.32 Å². The first-order chi connectivity index (χ1) is 16.7. The molecule has 9 heteroatoms. The minimum absolute atomic E-state index is 0.0575. The molecule has 3 unspecified atom stereocenters. The molecule has 1 N–H and O–H groups in total. The first-order valence-corrected chi connectivity index (χ1v) is 11.9. The van der Waals surface area contributed by atoms with Gasteiger partial charge in [0, 0.05) is 31.9 Å². The number of likely N-dealkylation sites (tertiary alicyclic amines) is 2. The number of Topliss-reactive ketones (excluding diaryl/α,β-unsaturated/α-hetero) is 1. The molecule has 2 aliphatic rings. The zero-order valence-corrected chi connectivity index (χ0v) is 20.6. The second-order valence-electron chi connectivity index (χ2n) is 9.81. The lowest BCUT2D eigenvalue weighted by molar-refractivity contribution is -0.138. The van der Waals surface area contributed by atoms with Crippen LogP contribution in [0.4, 0.5) is 5.69 Å². The number of amides is 3. The molecule has 9 nitrogen and oxygen atoms in total. The quantitative estimate of drug-likeness (QED) is 0.652. The van der Waals surface area contributed by atoms with Crippen LogP contribution in [0.5, 0.6) is 0 Å². The van der Waals surface area contributed by atoms with Gasteiger partial charge in [-0.2, -0.15) is 0 Å². The fraction of sp³-hybridized carbons (Fsp3) is 0.462. The molecule has 2 fully saturated rings. The van der Waals surface area contributed by atoms with Crippen molar-refractivity contribution in [2.24, 2.45) is 5.92 Å². The molecule has 2 saturated heterocycles. The Morgan fingerprint density at radius 1 is 1.11 bits per heavy atom. The van der Waals surface area contributed by atoms with Crippen LogP contribution in [-0.4, -0.2) is 78.6 Å². The van der Waals surface area contributed by atoms with Crippen LogP contribution in [0.3, 0.4) is 0 Å². The molecular formula is C26H32N4O5. The van der Waals surface area contributed by atoms with Crippen LogP contribution in [0.2, 0.25) is 0 Å². The standard InChI is InChI=1S/C26H32N4O5/c1-16(2)14-19(27-24(32)17-7-9-18(10-8-17)28(3)4)25(33)29-12-11-20-23(29)21(31)15-30(20)26(34)22-6-5-13-35-22/h5-10,13,16,19-20,23H,11-12,14-15H2,1-4H3,(H,27,32). The molecular weight excluding hydrogens is 448 g/mol. The van der Waals surface area contributed by atoms with Crippen molar-refractivity contribution >= 4 is 29.2 Å². The first-order valence-electron chi connectivity index (χ1n) is 11.9. The first kappa shape index (κ1) is 24.5. The number of carbonyl (C=O) groups is 4. The molecule has 2 aliphatic heterocycles. The van der Waals surface area contributed by atoms with Gasteiger partial charge >= 0.3 is 0 Å². The van der Waals surface area contributed by atoms with Crippen molar-refractivity contribution in [1.29, 1.82) is 0 Å². The lowest BCUT2D eigenvalue weighted by Crippen LogP contribution is -2.53. The van der Waals surface area contributed by atoms with E-state index in [9.17, 15) is 19.2 Å². The third kappa shape index (κ3) is 4.94. The molecule has 4 rings (SSSR count). The zero-order valence-electron chi connectivity index (χ0n) is 20.6. The van der Waals surface area contributed by atoms with Gasteiger partial charge in [-0.1, -0.05) is 13.8 Å². The number of fused-ring (bicyclic) bond motifs is 1. The molecule has 3 amide bonds. The molecule has 0 radical (unpaired) electrons. The van der Waals surface area contributed by atoms with Gasteiger partial charge in [0.15, 0.2) is 11.5 Å². The van der Waals surface area contributed by atoms with Crippen LogP contribution in [0.1, 0.15) is 47.6 Å². The van der Waals surface area contributed by atoms with Crippen molar-refractivity contribution in [1.82, 2.24) is 15.1 Å². The SMILES string of the molecule is CC(C)CC(NC(=O)c1ccc(N(C)C)cc1)C(=O)N1CCC2C1C(=O)CN2C(=O)c1ccco1. The Kier molecular flexibility index (Phi) is 6.95. The maximum atomic E-state index is 13.6. The number of benzene rings is 1. The number of nitrogens with one attached hydrogen (secondary N) is 1. The van der Waals surface area contributed by atoms with Crippen molar-refractivity contribution in [3.63, 3.8) is 0 Å². The van der Waals surface area contributed by atoms with Gasteiger partial charge in [0.25, 0.3) is 11.8 Å². The Morgan fingerprint density at radius 3 is 2.43 bits per heavy atom. The lowest BCUT2D eigenvalue weighted by Gasteiger charge is -2.29. The monoisotopic (exact) mass is 480 g/mol. The highest BCUT2D eigenvalue weighted by molar-refractivity contribution is 6.02. The van der Waals surface area contributed by atoms with Gasteiger partial charge in [0.2, 0.25) is 5.91 Å². The Balaban J connectivity index is 1.49. The Morgan fingerprint density at radius 2 is 1.83 bits per heavy atom. The van der Waals surface area contributed by atoms with Crippen LogP contribution in [0.25, 0.3) is 0 Å². The van der Waals surface area contributed by atoms with Crippen LogP contribution < -0.4 is 10.2 Å². The molecule has 0 spiro atoms. The van der Waals surface area contributed by atoms with Gasteiger partial charge in [-0.15, -0.1) is 0 Å². The Bertz CT molecular complexity index is 1090. The minimum atomic E-state index is -0.766. The second-order valence-corrected chi connectivity index (χ2v) is 9.81. The summed E-state index contributed by atoms with van der Waals surface area (Å²) in [5.41, 5.74) is 1.43. The summed E-state index contributed by atoms with van der Waals surface area (Å²) in [5, 5.41) is 2.89. The lowest BCUT2D eigenvalue weighted by atomic mass is 10.0. The summed E-state index contributed by atoms with van der Waals surface area (Å²) < 4.78 is 5.22. The third-order valence-corrected chi connectivity index (χ3v) is 6.65. The molecule has 0 aliphatic carbocycles. The summed E-state index contributed by atoms with van der Waals surface area (Å²) in [6, 6.07) is 8.49. The predicted molar refractivity (Wildman–Crippen MR) is 130 cm³/mol.